The topological polar surface area (TPSA) is 46.6 Å². The lowest BCUT2D eigenvalue weighted by Crippen LogP contribution is -2.53. The lowest BCUT2D eigenvalue weighted by atomic mass is 9.73. The molecule has 1 saturated heterocycles. The van der Waals surface area contributed by atoms with Gasteiger partial charge in [-0.15, -0.1) is 0 Å². The second kappa shape index (κ2) is 4.21. The van der Waals surface area contributed by atoms with Gasteiger partial charge in [0, 0.05) is 16.4 Å². The third-order valence-corrected chi connectivity index (χ3v) is 7.40. The molecular formula is C14H16BrNO3S. The highest BCUT2D eigenvalue weighted by molar-refractivity contribution is 9.10. The Morgan fingerprint density at radius 2 is 2.05 bits per heavy atom. The lowest BCUT2D eigenvalue weighted by molar-refractivity contribution is -0.0645. The van der Waals surface area contributed by atoms with Crippen molar-refractivity contribution in [1.82, 2.24) is 0 Å². The van der Waals surface area contributed by atoms with Crippen molar-refractivity contribution >= 4 is 31.6 Å². The van der Waals surface area contributed by atoms with Gasteiger partial charge < -0.3 is 4.74 Å². The van der Waals surface area contributed by atoms with E-state index in [0.717, 1.165) is 35.0 Å². The van der Waals surface area contributed by atoms with Crippen molar-refractivity contribution in [3.63, 3.8) is 0 Å². The SMILES string of the molecule is O=S(=O)(C1CC1)N1CCC2(COC2)c2cc(Br)ccc21. The fourth-order valence-electron chi connectivity index (χ4n) is 3.18. The van der Waals surface area contributed by atoms with E-state index in [1.807, 2.05) is 12.1 Å². The first kappa shape index (κ1) is 13.1. The molecule has 108 valence electrons. The summed E-state index contributed by atoms with van der Waals surface area (Å²) in [5, 5.41) is -0.161. The van der Waals surface area contributed by atoms with E-state index in [2.05, 4.69) is 22.0 Å². The van der Waals surface area contributed by atoms with Gasteiger partial charge in [-0.25, -0.2) is 8.42 Å². The molecule has 20 heavy (non-hydrogen) atoms. The number of hydrogen-bond acceptors (Lipinski definition) is 3. The fraction of sp³-hybridized carbons (Fsp3) is 0.571. The number of halogens is 1. The van der Waals surface area contributed by atoms with Crippen molar-refractivity contribution in [2.75, 3.05) is 24.1 Å². The number of anilines is 1. The minimum Gasteiger partial charge on any atom is -0.379 e. The lowest BCUT2D eigenvalue weighted by Gasteiger charge is -2.48. The van der Waals surface area contributed by atoms with Crippen molar-refractivity contribution < 1.29 is 13.2 Å². The molecule has 2 fully saturated rings. The summed E-state index contributed by atoms with van der Waals surface area (Å²) < 4.78 is 33.2. The highest BCUT2D eigenvalue weighted by Crippen LogP contribution is 2.48. The van der Waals surface area contributed by atoms with E-state index in [0.29, 0.717) is 19.8 Å². The minimum atomic E-state index is -3.17. The Hall–Kier alpha value is -0.590. The summed E-state index contributed by atoms with van der Waals surface area (Å²) in [7, 11) is -3.17. The van der Waals surface area contributed by atoms with Gasteiger partial charge in [-0.05, 0) is 43.0 Å². The predicted octanol–water partition coefficient (Wildman–Crippen LogP) is 2.42. The maximum atomic E-state index is 12.6. The zero-order chi connectivity index (χ0) is 14.0. The predicted molar refractivity (Wildman–Crippen MR) is 80.5 cm³/mol. The zero-order valence-electron chi connectivity index (χ0n) is 11.0. The molecule has 1 aromatic carbocycles. The molecule has 4 nitrogen and oxygen atoms in total. The third-order valence-electron chi connectivity index (χ3n) is 4.60. The van der Waals surface area contributed by atoms with Crippen LogP contribution in [0.2, 0.25) is 0 Å². The normalized spacial score (nSPS) is 24.4. The molecule has 1 spiro atoms. The fourth-order valence-corrected chi connectivity index (χ4v) is 5.41. The Morgan fingerprint density at radius 3 is 2.65 bits per heavy atom. The molecule has 0 bridgehead atoms. The van der Waals surface area contributed by atoms with Crippen LogP contribution in [-0.4, -0.2) is 33.4 Å². The van der Waals surface area contributed by atoms with Gasteiger partial charge in [0.2, 0.25) is 10.0 Å². The Labute approximate surface area is 127 Å². The number of rotatable bonds is 2. The van der Waals surface area contributed by atoms with Crippen LogP contribution in [-0.2, 0) is 20.2 Å². The average molecular weight is 358 g/mol. The second-order valence-electron chi connectivity index (χ2n) is 6.00. The molecule has 1 saturated carbocycles. The van der Waals surface area contributed by atoms with Crippen LogP contribution >= 0.6 is 15.9 Å². The summed E-state index contributed by atoms with van der Waals surface area (Å²) in [4.78, 5) is 0. The molecule has 6 heteroatoms. The van der Waals surface area contributed by atoms with E-state index in [1.165, 1.54) is 0 Å². The van der Waals surface area contributed by atoms with Gasteiger partial charge in [0.25, 0.3) is 0 Å². The Kier molecular flexibility index (Phi) is 2.76. The smallest absolute Gasteiger partial charge is 0.238 e. The van der Waals surface area contributed by atoms with E-state index < -0.39 is 10.0 Å². The first-order valence-corrected chi connectivity index (χ1v) is 9.22. The molecule has 3 aliphatic rings. The van der Waals surface area contributed by atoms with E-state index in [1.54, 1.807) is 4.31 Å². The van der Waals surface area contributed by atoms with Gasteiger partial charge in [0.15, 0.2) is 0 Å². The van der Waals surface area contributed by atoms with Crippen LogP contribution in [0, 0.1) is 0 Å². The van der Waals surface area contributed by atoms with E-state index in [-0.39, 0.29) is 10.7 Å². The largest absolute Gasteiger partial charge is 0.379 e. The van der Waals surface area contributed by atoms with Gasteiger partial charge in [-0.2, -0.15) is 0 Å². The quantitative estimate of drug-likeness (QED) is 0.816. The number of sulfonamides is 1. The van der Waals surface area contributed by atoms with Gasteiger partial charge in [-0.1, -0.05) is 15.9 Å². The molecule has 2 heterocycles. The van der Waals surface area contributed by atoms with Crippen LogP contribution in [0.4, 0.5) is 5.69 Å². The average Bonchev–Trinajstić information content (AvgIpc) is 3.19. The molecule has 1 aliphatic carbocycles. The zero-order valence-corrected chi connectivity index (χ0v) is 13.4. The molecule has 4 rings (SSSR count). The molecule has 0 amide bonds. The van der Waals surface area contributed by atoms with E-state index >= 15 is 0 Å². The monoisotopic (exact) mass is 357 g/mol. The summed E-state index contributed by atoms with van der Waals surface area (Å²) in [6.45, 7) is 1.98. The molecule has 0 radical (unpaired) electrons. The molecule has 2 aliphatic heterocycles. The first-order chi connectivity index (χ1) is 9.53. The minimum absolute atomic E-state index is 0.0225. The number of hydrogen-bond donors (Lipinski definition) is 0. The van der Waals surface area contributed by atoms with Crippen LogP contribution in [0.5, 0.6) is 0 Å². The summed E-state index contributed by atoms with van der Waals surface area (Å²) in [6.07, 6.45) is 2.46. The van der Waals surface area contributed by atoms with Crippen LogP contribution in [0.1, 0.15) is 24.8 Å². The van der Waals surface area contributed by atoms with Gasteiger partial charge in [0.05, 0.1) is 24.2 Å². The van der Waals surface area contributed by atoms with Crippen molar-refractivity contribution in [2.45, 2.75) is 29.9 Å². The molecule has 0 unspecified atom stereocenters. The highest BCUT2D eigenvalue weighted by atomic mass is 79.9. The maximum absolute atomic E-state index is 12.6. The van der Waals surface area contributed by atoms with E-state index in [4.69, 9.17) is 4.74 Å². The summed E-state index contributed by atoms with van der Waals surface area (Å²) in [5.41, 5.74) is 2.00. The van der Waals surface area contributed by atoms with Gasteiger partial charge in [-0.3, -0.25) is 4.31 Å². The highest BCUT2D eigenvalue weighted by Gasteiger charge is 2.49. The second-order valence-corrected chi connectivity index (χ2v) is 9.05. The third kappa shape index (κ3) is 1.77. The molecule has 1 aromatic rings. The molecule has 0 N–H and O–H groups in total. The summed E-state index contributed by atoms with van der Waals surface area (Å²) >= 11 is 3.50. The van der Waals surface area contributed by atoms with Crippen LogP contribution in [0.15, 0.2) is 22.7 Å². The van der Waals surface area contributed by atoms with Crippen molar-refractivity contribution in [1.29, 1.82) is 0 Å². The van der Waals surface area contributed by atoms with Crippen LogP contribution in [0.25, 0.3) is 0 Å². The summed E-state index contributed by atoms with van der Waals surface area (Å²) in [5.74, 6) is 0. The molecule has 0 atom stereocenters. The number of fused-ring (bicyclic) bond motifs is 2. The van der Waals surface area contributed by atoms with Gasteiger partial charge in [0.1, 0.15) is 0 Å². The van der Waals surface area contributed by atoms with Crippen molar-refractivity contribution in [2.24, 2.45) is 0 Å². The first-order valence-electron chi connectivity index (χ1n) is 6.92. The van der Waals surface area contributed by atoms with Gasteiger partial charge >= 0.3 is 0 Å². The van der Waals surface area contributed by atoms with Crippen LogP contribution in [0.3, 0.4) is 0 Å². The van der Waals surface area contributed by atoms with Crippen molar-refractivity contribution in [3.05, 3.63) is 28.2 Å². The summed E-state index contributed by atoms with van der Waals surface area (Å²) in [6, 6.07) is 5.91. The molecule has 0 aromatic heterocycles. The number of ether oxygens (including phenoxy) is 1. The van der Waals surface area contributed by atoms with Crippen LogP contribution < -0.4 is 4.31 Å². The van der Waals surface area contributed by atoms with E-state index in [9.17, 15) is 8.42 Å². The number of nitrogens with zero attached hydrogens (tertiary/aromatic N) is 1. The standard InChI is InChI=1S/C14H16BrNO3S/c15-10-1-4-13-12(7-10)14(8-19-9-14)5-6-16(13)20(17,18)11-2-3-11/h1,4,7,11H,2-3,5-6,8-9H2. The van der Waals surface area contributed by atoms with Crippen molar-refractivity contribution in [3.8, 4) is 0 Å². The number of benzene rings is 1. The Balaban J connectivity index is 1.84. The Morgan fingerprint density at radius 1 is 1.30 bits per heavy atom. The Bertz CT molecular complexity index is 665. The molecular weight excluding hydrogens is 342 g/mol. The maximum Gasteiger partial charge on any atom is 0.238 e.